The molecule has 0 unspecified atom stereocenters. The molecule has 28 heavy (non-hydrogen) atoms. The van der Waals surface area contributed by atoms with E-state index in [1.807, 2.05) is 29.6 Å². The monoisotopic (exact) mass is 436 g/mol. The predicted octanol–water partition coefficient (Wildman–Crippen LogP) is 5.24. The van der Waals surface area contributed by atoms with Crippen LogP contribution >= 0.6 is 34.5 Å². The highest BCUT2D eigenvalue weighted by Crippen LogP contribution is 2.35. The highest BCUT2D eigenvalue weighted by molar-refractivity contribution is 7.09. The van der Waals surface area contributed by atoms with Crippen LogP contribution in [0.4, 0.5) is 5.69 Å². The van der Waals surface area contributed by atoms with Gasteiger partial charge in [0.1, 0.15) is 11.5 Å². The predicted molar refractivity (Wildman–Crippen MR) is 113 cm³/mol. The van der Waals surface area contributed by atoms with Crippen LogP contribution in [0.25, 0.3) is 0 Å². The number of ether oxygens (including phenoxy) is 2. The highest BCUT2D eigenvalue weighted by atomic mass is 35.5. The average Bonchev–Trinajstić information content (AvgIpc) is 3.09. The van der Waals surface area contributed by atoms with Crippen LogP contribution in [-0.4, -0.2) is 25.1 Å². The molecule has 146 valence electrons. The lowest BCUT2D eigenvalue weighted by Crippen LogP contribution is -2.15. The summed E-state index contributed by atoms with van der Waals surface area (Å²) in [6.07, 6.45) is 0.829. The van der Waals surface area contributed by atoms with E-state index in [4.69, 9.17) is 32.7 Å². The van der Waals surface area contributed by atoms with Gasteiger partial charge in [-0.3, -0.25) is 4.79 Å². The molecule has 0 aliphatic carbocycles. The van der Waals surface area contributed by atoms with Gasteiger partial charge in [-0.05, 0) is 17.7 Å². The van der Waals surface area contributed by atoms with E-state index in [9.17, 15) is 4.79 Å². The number of carbonyl (C=O) groups is 1. The smallest absolute Gasteiger partial charge is 0.230 e. The third-order valence-electron chi connectivity index (χ3n) is 3.93. The van der Waals surface area contributed by atoms with E-state index in [1.165, 1.54) is 25.6 Å². The minimum Gasteiger partial charge on any atom is -0.495 e. The van der Waals surface area contributed by atoms with Crippen LogP contribution in [-0.2, 0) is 17.6 Å². The van der Waals surface area contributed by atoms with Crippen LogP contribution in [0.2, 0.25) is 10.0 Å². The SMILES string of the molecule is COc1cc(NC(=O)Cc2csc(Cc3cccc(Cl)c3)n2)c(OC)cc1Cl. The van der Waals surface area contributed by atoms with E-state index in [2.05, 4.69) is 10.3 Å². The van der Waals surface area contributed by atoms with Gasteiger partial charge >= 0.3 is 0 Å². The molecule has 1 heterocycles. The summed E-state index contributed by atoms with van der Waals surface area (Å²) in [7, 11) is 3.02. The molecule has 0 atom stereocenters. The molecule has 0 aliphatic heterocycles. The number of benzene rings is 2. The first-order valence-corrected chi connectivity index (χ1v) is 10.0. The maximum atomic E-state index is 12.5. The van der Waals surface area contributed by atoms with Crippen LogP contribution in [0.15, 0.2) is 41.8 Å². The number of carbonyl (C=O) groups excluding carboxylic acids is 1. The van der Waals surface area contributed by atoms with Gasteiger partial charge in [0.15, 0.2) is 0 Å². The summed E-state index contributed by atoms with van der Waals surface area (Å²) in [6.45, 7) is 0. The molecule has 0 fully saturated rings. The number of thiazole rings is 1. The summed E-state index contributed by atoms with van der Waals surface area (Å²) in [5, 5.41) is 6.74. The Balaban J connectivity index is 1.66. The van der Waals surface area contributed by atoms with Gasteiger partial charge in [0.05, 0.1) is 42.1 Å². The van der Waals surface area contributed by atoms with Crippen LogP contribution in [0, 0.1) is 0 Å². The van der Waals surface area contributed by atoms with E-state index in [0.717, 1.165) is 10.6 Å². The first-order chi connectivity index (χ1) is 13.5. The summed E-state index contributed by atoms with van der Waals surface area (Å²) >= 11 is 13.6. The molecule has 0 saturated carbocycles. The molecule has 0 bridgehead atoms. The average molecular weight is 437 g/mol. The summed E-state index contributed by atoms with van der Waals surface area (Å²) in [4.78, 5) is 17.0. The quantitative estimate of drug-likeness (QED) is 0.549. The maximum absolute atomic E-state index is 12.5. The van der Waals surface area contributed by atoms with Gasteiger partial charge in [0.25, 0.3) is 0 Å². The van der Waals surface area contributed by atoms with Crippen LogP contribution in [0.5, 0.6) is 11.5 Å². The molecule has 2 aromatic carbocycles. The Bertz CT molecular complexity index is 991. The van der Waals surface area contributed by atoms with Gasteiger partial charge in [-0.15, -0.1) is 11.3 Å². The van der Waals surface area contributed by atoms with Crippen molar-refractivity contribution in [2.45, 2.75) is 12.8 Å². The van der Waals surface area contributed by atoms with Crippen LogP contribution < -0.4 is 14.8 Å². The summed E-state index contributed by atoms with van der Waals surface area (Å²) in [6, 6.07) is 10.9. The normalized spacial score (nSPS) is 10.6. The fourth-order valence-corrected chi connectivity index (χ4v) is 3.92. The molecule has 0 saturated heterocycles. The zero-order chi connectivity index (χ0) is 20.1. The van der Waals surface area contributed by atoms with Crippen molar-refractivity contribution < 1.29 is 14.3 Å². The molecule has 1 amide bonds. The molecule has 0 spiro atoms. The largest absolute Gasteiger partial charge is 0.495 e. The van der Waals surface area contributed by atoms with E-state index in [0.29, 0.717) is 39.3 Å². The number of halogens is 2. The number of anilines is 1. The zero-order valence-corrected chi connectivity index (χ0v) is 17.6. The van der Waals surface area contributed by atoms with E-state index >= 15 is 0 Å². The van der Waals surface area contributed by atoms with Gasteiger partial charge < -0.3 is 14.8 Å². The minimum absolute atomic E-state index is 0.153. The number of hydrogen-bond acceptors (Lipinski definition) is 5. The second-order valence-electron chi connectivity index (χ2n) is 5.95. The molecular weight excluding hydrogens is 419 g/mol. The lowest BCUT2D eigenvalue weighted by molar-refractivity contribution is -0.115. The van der Waals surface area contributed by atoms with Crippen molar-refractivity contribution >= 4 is 46.1 Å². The Labute approximate surface area is 177 Å². The number of rotatable bonds is 7. The lowest BCUT2D eigenvalue weighted by Gasteiger charge is -2.12. The fourth-order valence-electron chi connectivity index (χ4n) is 2.65. The second-order valence-corrected chi connectivity index (χ2v) is 7.74. The number of aromatic nitrogens is 1. The van der Waals surface area contributed by atoms with Gasteiger partial charge in [-0.2, -0.15) is 0 Å². The van der Waals surface area contributed by atoms with Crippen molar-refractivity contribution in [2.75, 3.05) is 19.5 Å². The number of amides is 1. The fraction of sp³-hybridized carbons (Fsp3) is 0.200. The van der Waals surface area contributed by atoms with Gasteiger partial charge in [0.2, 0.25) is 5.91 Å². The molecule has 3 rings (SSSR count). The van der Waals surface area contributed by atoms with Crippen molar-refractivity contribution in [1.29, 1.82) is 0 Å². The van der Waals surface area contributed by atoms with Gasteiger partial charge in [-0.1, -0.05) is 35.3 Å². The Morgan fingerprint density at radius 1 is 1.14 bits per heavy atom. The maximum Gasteiger partial charge on any atom is 0.230 e. The van der Waals surface area contributed by atoms with Crippen molar-refractivity contribution in [3.63, 3.8) is 0 Å². The number of methoxy groups -OCH3 is 2. The molecule has 0 aliphatic rings. The Kier molecular flexibility index (Phi) is 6.78. The molecule has 5 nitrogen and oxygen atoms in total. The number of nitrogens with one attached hydrogen (secondary N) is 1. The molecule has 0 radical (unpaired) electrons. The molecule has 1 aromatic heterocycles. The Morgan fingerprint density at radius 2 is 1.93 bits per heavy atom. The van der Waals surface area contributed by atoms with Crippen molar-refractivity contribution in [3.8, 4) is 11.5 Å². The van der Waals surface area contributed by atoms with Crippen LogP contribution in [0.3, 0.4) is 0 Å². The van der Waals surface area contributed by atoms with Crippen LogP contribution in [0.1, 0.15) is 16.3 Å². The lowest BCUT2D eigenvalue weighted by atomic mass is 10.2. The van der Waals surface area contributed by atoms with Crippen molar-refractivity contribution in [3.05, 3.63) is 68.1 Å². The van der Waals surface area contributed by atoms with Gasteiger partial charge in [-0.25, -0.2) is 4.98 Å². The first kappa shape index (κ1) is 20.5. The minimum atomic E-state index is -0.206. The highest BCUT2D eigenvalue weighted by Gasteiger charge is 2.14. The number of hydrogen-bond donors (Lipinski definition) is 1. The van der Waals surface area contributed by atoms with E-state index < -0.39 is 0 Å². The Morgan fingerprint density at radius 3 is 2.64 bits per heavy atom. The third-order valence-corrected chi connectivity index (χ3v) is 5.36. The second kappa shape index (κ2) is 9.28. The Hall–Kier alpha value is -2.28. The summed E-state index contributed by atoms with van der Waals surface area (Å²) < 4.78 is 10.5. The zero-order valence-electron chi connectivity index (χ0n) is 15.3. The van der Waals surface area contributed by atoms with E-state index in [1.54, 1.807) is 12.1 Å². The molecular formula is C20H18Cl2N2O3S. The van der Waals surface area contributed by atoms with Gasteiger partial charge in [0, 0.05) is 29.0 Å². The molecule has 1 N–H and O–H groups in total. The topological polar surface area (TPSA) is 60.5 Å². The standard InChI is InChI=1S/C20H18Cl2N2O3S/c1-26-17-10-16(18(27-2)9-15(17)22)24-19(25)8-14-11-28-20(23-14)7-12-4-3-5-13(21)6-12/h3-6,9-11H,7-8H2,1-2H3,(H,24,25). The van der Waals surface area contributed by atoms with E-state index in [-0.39, 0.29) is 12.3 Å². The van der Waals surface area contributed by atoms with Crippen molar-refractivity contribution in [1.82, 2.24) is 4.98 Å². The molecule has 3 aromatic rings. The summed E-state index contributed by atoms with van der Waals surface area (Å²) in [5.74, 6) is 0.705. The van der Waals surface area contributed by atoms with Crippen molar-refractivity contribution in [2.24, 2.45) is 0 Å². The third kappa shape index (κ3) is 5.16. The first-order valence-electron chi connectivity index (χ1n) is 8.37. The number of nitrogens with zero attached hydrogens (tertiary/aromatic N) is 1. The molecule has 8 heteroatoms. The summed E-state index contributed by atoms with van der Waals surface area (Å²) in [5.41, 5.74) is 2.28.